The Labute approximate surface area is 85.4 Å². The van der Waals surface area contributed by atoms with Gasteiger partial charge in [0, 0.05) is 11.8 Å². The number of aliphatic hydroxyl groups is 2. The number of hydrogen-bond acceptors (Lipinski definition) is 4. The van der Waals surface area contributed by atoms with Gasteiger partial charge in [-0.3, -0.25) is 0 Å². The topological polar surface area (TPSA) is 79.4 Å². The van der Waals surface area contributed by atoms with Crippen molar-refractivity contribution in [3.63, 3.8) is 0 Å². The molecule has 84 valence electrons. The zero-order valence-corrected chi connectivity index (χ0v) is 7.90. The van der Waals surface area contributed by atoms with Crippen LogP contribution in [0.25, 0.3) is 0 Å². The van der Waals surface area contributed by atoms with Gasteiger partial charge in [-0.25, -0.2) is 9.37 Å². The van der Waals surface area contributed by atoms with Gasteiger partial charge in [0.25, 0.3) is 0 Å². The number of hydrogen-bond donors (Lipinski definition) is 3. The monoisotopic (exact) mass is 218 g/mol. The molecule has 0 radical (unpaired) electrons. The molecule has 0 amide bonds. The van der Waals surface area contributed by atoms with Gasteiger partial charge in [-0.1, -0.05) is 0 Å². The lowest BCUT2D eigenvalue weighted by Crippen LogP contribution is -2.22. The first kappa shape index (κ1) is 12.0. The number of nitrogens with two attached hydrogens (primary N) is 1. The highest BCUT2D eigenvalue weighted by Gasteiger charge is 2.19. The average molecular weight is 218 g/mol. The Morgan fingerprint density at radius 3 is 2.60 bits per heavy atom. The van der Waals surface area contributed by atoms with E-state index in [0.29, 0.717) is 0 Å². The summed E-state index contributed by atoms with van der Waals surface area (Å²) in [6.45, 7) is 0.190. The number of nitrogens with zero attached hydrogens (tertiary/aromatic N) is 1. The molecule has 2 atom stereocenters. The zero-order chi connectivity index (χ0) is 11.4. The molecule has 1 aromatic rings. The number of aromatic nitrogens is 1. The quantitative estimate of drug-likeness (QED) is 0.626. The van der Waals surface area contributed by atoms with Crippen molar-refractivity contribution in [2.24, 2.45) is 5.73 Å². The highest BCUT2D eigenvalue weighted by atomic mass is 19.2. The fourth-order valence-corrected chi connectivity index (χ4v) is 1.15. The van der Waals surface area contributed by atoms with Gasteiger partial charge in [0.2, 0.25) is 5.95 Å². The van der Waals surface area contributed by atoms with E-state index in [2.05, 4.69) is 4.98 Å². The molecule has 0 saturated carbocycles. The van der Waals surface area contributed by atoms with Gasteiger partial charge in [0.15, 0.2) is 5.82 Å². The number of aliphatic hydroxyl groups excluding tert-OH is 2. The van der Waals surface area contributed by atoms with Crippen molar-refractivity contribution in [2.45, 2.75) is 18.6 Å². The molecule has 0 aromatic carbocycles. The van der Waals surface area contributed by atoms with Gasteiger partial charge < -0.3 is 15.9 Å². The van der Waals surface area contributed by atoms with Gasteiger partial charge in [-0.15, -0.1) is 0 Å². The van der Waals surface area contributed by atoms with Crippen molar-refractivity contribution in [1.82, 2.24) is 4.98 Å². The largest absolute Gasteiger partial charge is 0.390 e. The van der Waals surface area contributed by atoms with Crippen LogP contribution in [0.2, 0.25) is 0 Å². The summed E-state index contributed by atoms with van der Waals surface area (Å²) in [6, 6.07) is 0.798. The molecule has 1 heterocycles. The molecule has 1 aromatic heterocycles. The Hall–Kier alpha value is -1.11. The molecule has 0 aliphatic heterocycles. The van der Waals surface area contributed by atoms with Gasteiger partial charge in [0.1, 0.15) is 6.10 Å². The Balaban J connectivity index is 2.81. The highest BCUT2D eigenvalue weighted by molar-refractivity contribution is 5.15. The van der Waals surface area contributed by atoms with Crippen LogP contribution in [0.1, 0.15) is 18.1 Å². The minimum absolute atomic E-state index is 0.0230. The van der Waals surface area contributed by atoms with Crippen LogP contribution < -0.4 is 5.73 Å². The van der Waals surface area contributed by atoms with E-state index >= 15 is 0 Å². The maximum Gasteiger partial charge on any atom is 0.248 e. The average Bonchev–Trinajstić information content (AvgIpc) is 2.21. The van der Waals surface area contributed by atoms with Crippen LogP contribution in [-0.4, -0.2) is 27.8 Å². The van der Waals surface area contributed by atoms with Gasteiger partial charge in [0.05, 0.1) is 6.10 Å². The second-order valence-corrected chi connectivity index (χ2v) is 3.13. The van der Waals surface area contributed by atoms with E-state index in [9.17, 15) is 19.0 Å². The van der Waals surface area contributed by atoms with E-state index in [1.54, 1.807) is 0 Å². The van der Waals surface area contributed by atoms with Gasteiger partial charge >= 0.3 is 0 Å². The lowest BCUT2D eigenvalue weighted by Gasteiger charge is -2.16. The summed E-state index contributed by atoms with van der Waals surface area (Å²) >= 11 is 0. The van der Waals surface area contributed by atoms with Crippen LogP contribution in [0, 0.1) is 11.8 Å². The molecule has 1 rings (SSSR count). The predicted octanol–water partition coefficient (Wildman–Crippen LogP) is 0.103. The highest BCUT2D eigenvalue weighted by Crippen LogP contribution is 2.19. The summed E-state index contributed by atoms with van der Waals surface area (Å²) in [7, 11) is 0. The summed E-state index contributed by atoms with van der Waals surface area (Å²) in [4.78, 5) is 3.10. The third-order valence-corrected chi connectivity index (χ3v) is 1.99. The first-order valence-electron chi connectivity index (χ1n) is 4.43. The molecule has 0 spiro atoms. The molecule has 0 aliphatic carbocycles. The third-order valence-electron chi connectivity index (χ3n) is 1.99. The van der Waals surface area contributed by atoms with E-state index in [0.717, 1.165) is 12.3 Å². The first-order chi connectivity index (χ1) is 7.06. The Morgan fingerprint density at radius 2 is 2.07 bits per heavy atom. The second kappa shape index (κ2) is 5.11. The van der Waals surface area contributed by atoms with Gasteiger partial charge in [-0.2, -0.15) is 4.39 Å². The summed E-state index contributed by atoms with van der Waals surface area (Å²) in [6.07, 6.45) is -1.28. The second-order valence-electron chi connectivity index (χ2n) is 3.13. The summed E-state index contributed by atoms with van der Waals surface area (Å²) in [5.41, 5.74) is 5.20. The van der Waals surface area contributed by atoms with E-state index < -0.39 is 24.0 Å². The van der Waals surface area contributed by atoms with Crippen LogP contribution in [0.15, 0.2) is 12.3 Å². The molecule has 4 nitrogen and oxygen atoms in total. The third kappa shape index (κ3) is 2.92. The summed E-state index contributed by atoms with van der Waals surface area (Å²) < 4.78 is 25.2. The maximum atomic E-state index is 12.7. The molecular formula is C9H12F2N2O2. The minimum atomic E-state index is -1.31. The van der Waals surface area contributed by atoms with Crippen molar-refractivity contribution in [1.29, 1.82) is 0 Å². The molecule has 0 saturated heterocycles. The molecular weight excluding hydrogens is 206 g/mol. The molecule has 6 heteroatoms. The zero-order valence-electron chi connectivity index (χ0n) is 7.90. The Bertz CT molecular complexity index is 336. The molecule has 15 heavy (non-hydrogen) atoms. The van der Waals surface area contributed by atoms with Crippen molar-refractivity contribution in [2.75, 3.05) is 6.54 Å². The Morgan fingerprint density at radius 1 is 1.40 bits per heavy atom. The SMILES string of the molecule is NCCC(O)C(O)c1cnc(F)c(F)c1. The number of rotatable bonds is 4. The molecule has 2 unspecified atom stereocenters. The van der Waals surface area contributed by atoms with Crippen molar-refractivity contribution in [3.8, 4) is 0 Å². The lowest BCUT2D eigenvalue weighted by atomic mass is 10.0. The minimum Gasteiger partial charge on any atom is -0.390 e. The fraction of sp³-hybridized carbons (Fsp3) is 0.444. The predicted molar refractivity (Wildman–Crippen MR) is 48.8 cm³/mol. The molecule has 0 bridgehead atoms. The van der Waals surface area contributed by atoms with Crippen LogP contribution in [-0.2, 0) is 0 Å². The molecule has 0 fully saturated rings. The van der Waals surface area contributed by atoms with Crippen LogP contribution in [0.4, 0.5) is 8.78 Å². The molecule has 4 N–H and O–H groups in total. The van der Waals surface area contributed by atoms with E-state index in [1.807, 2.05) is 0 Å². The maximum absolute atomic E-state index is 12.7. The molecule has 0 aliphatic rings. The van der Waals surface area contributed by atoms with Crippen LogP contribution >= 0.6 is 0 Å². The van der Waals surface area contributed by atoms with Crippen LogP contribution in [0.3, 0.4) is 0 Å². The van der Waals surface area contributed by atoms with Gasteiger partial charge in [-0.05, 0) is 19.0 Å². The number of halogens is 2. The standard InChI is InChI=1S/C9H12F2N2O2/c10-6-3-5(4-13-9(6)11)8(15)7(14)1-2-12/h3-4,7-8,14-15H,1-2,12H2. The smallest absolute Gasteiger partial charge is 0.248 e. The van der Waals surface area contributed by atoms with Crippen molar-refractivity contribution in [3.05, 3.63) is 29.6 Å². The number of pyridine rings is 1. The summed E-state index contributed by atoms with van der Waals surface area (Å²) in [5.74, 6) is -2.40. The summed E-state index contributed by atoms with van der Waals surface area (Å²) in [5, 5.41) is 18.9. The van der Waals surface area contributed by atoms with E-state index in [-0.39, 0.29) is 18.5 Å². The first-order valence-corrected chi connectivity index (χ1v) is 4.43. The van der Waals surface area contributed by atoms with Crippen molar-refractivity contribution >= 4 is 0 Å². The van der Waals surface area contributed by atoms with E-state index in [4.69, 9.17) is 5.73 Å². The Kier molecular flexibility index (Phi) is 4.07. The fourth-order valence-electron chi connectivity index (χ4n) is 1.15. The van der Waals surface area contributed by atoms with E-state index in [1.165, 1.54) is 0 Å². The normalized spacial score (nSPS) is 15.0. The van der Waals surface area contributed by atoms with Crippen molar-refractivity contribution < 1.29 is 19.0 Å². The van der Waals surface area contributed by atoms with Crippen LogP contribution in [0.5, 0.6) is 0 Å². The lowest BCUT2D eigenvalue weighted by molar-refractivity contribution is 0.0145.